The molecule has 0 aliphatic heterocycles. The third kappa shape index (κ3) is 1.50. The van der Waals surface area contributed by atoms with Crippen LogP contribution in [0.2, 0.25) is 0 Å². The highest BCUT2D eigenvalue weighted by Crippen LogP contribution is 2.33. The Morgan fingerprint density at radius 1 is 1.31 bits per heavy atom. The average Bonchev–Trinajstić information content (AvgIpc) is 2.56. The molecule has 0 radical (unpaired) electrons. The van der Waals surface area contributed by atoms with Crippen LogP contribution in [0.1, 0.15) is 5.82 Å². The van der Waals surface area contributed by atoms with Gasteiger partial charge in [-0.05, 0) is 12.1 Å². The lowest BCUT2D eigenvalue weighted by Gasteiger charge is -2.07. The predicted octanol–water partition coefficient (Wildman–Crippen LogP) is 2.60. The molecular formula is C10H9F3N2O. The van der Waals surface area contributed by atoms with Gasteiger partial charge in [0.25, 0.3) is 0 Å². The van der Waals surface area contributed by atoms with Crippen LogP contribution < -0.4 is 4.74 Å². The molecule has 16 heavy (non-hydrogen) atoms. The van der Waals surface area contributed by atoms with Crippen LogP contribution >= 0.6 is 0 Å². The van der Waals surface area contributed by atoms with Gasteiger partial charge in [-0.3, -0.25) is 0 Å². The number of benzene rings is 1. The summed E-state index contributed by atoms with van der Waals surface area (Å²) in [6, 6.07) is 4.73. The molecule has 0 aliphatic carbocycles. The lowest BCUT2D eigenvalue weighted by molar-refractivity contribution is -0.146. The van der Waals surface area contributed by atoms with E-state index in [0.29, 0.717) is 11.3 Å². The van der Waals surface area contributed by atoms with Crippen molar-refractivity contribution in [2.75, 3.05) is 7.11 Å². The molecule has 0 unspecified atom stereocenters. The normalized spacial score (nSPS) is 12.1. The molecule has 2 rings (SSSR count). The summed E-state index contributed by atoms with van der Waals surface area (Å²) >= 11 is 0. The fourth-order valence-corrected chi connectivity index (χ4v) is 1.65. The maximum atomic E-state index is 12.6. The SMILES string of the molecule is COc1cccc2nc(C(F)(F)F)n(C)c12. The number of aromatic nitrogens is 2. The topological polar surface area (TPSA) is 27.1 Å². The van der Waals surface area contributed by atoms with Crippen molar-refractivity contribution in [3.63, 3.8) is 0 Å². The van der Waals surface area contributed by atoms with Gasteiger partial charge in [-0.1, -0.05) is 6.07 Å². The second-order valence-electron chi connectivity index (χ2n) is 3.32. The van der Waals surface area contributed by atoms with E-state index in [2.05, 4.69) is 4.98 Å². The highest BCUT2D eigenvalue weighted by molar-refractivity contribution is 5.82. The second-order valence-corrected chi connectivity index (χ2v) is 3.32. The predicted molar refractivity (Wildman–Crippen MR) is 52.3 cm³/mol. The van der Waals surface area contributed by atoms with Crippen molar-refractivity contribution >= 4 is 11.0 Å². The molecule has 0 atom stereocenters. The fraction of sp³-hybridized carbons (Fsp3) is 0.300. The van der Waals surface area contributed by atoms with Gasteiger partial charge < -0.3 is 9.30 Å². The van der Waals surface area contributed by atoms with E-state index in [1.165, 1.54) is 20.2 Å². The van der Waals surface area contributed by atoms with Gasteiger partial charge >= 0.3 is 6.18 Å². The number of aryl methyl sites for hydroxylation is 1. The zero-order chi connectivity index (χ0) is 11.9. The van der Waals surface area contributed by atoms with Gasteiger partial charge in [0.05, 0.1) is 12.6 Å². The van der Waals surface area contributed by atoms with Crippen LogP contribution in [0.25, 0.3) is 11.0 Å². The largest absolute Gasteiger partial charge is 0.494 e. The van der Waals surface area contributed by atoms with Gasteiger partial charge in [-0.25, -0.2) is 4.98 Å². The molecule has 86 valence electrons. The maximum Gasteiger partial charge on any atom is 0.449 e. The van der Waals surface area contributed by atoms with E-state index < -0.39 is 12.0 Å². The number of nitrogens with zero attached hydrogens (tertiary/aromatic N) is 2. The van der Waals surface area contributed by atoms with Crippen molar-refractivity contribution in [2.24, 2.45) is 7.05 Å². The number of ether oxygens (including phenoxy) is 1. The minimum atomic E-state index is -4.46. The number of methoxy groups -OCH3 is 1. The first-order valence-corrected chi connectivity index (χ1v) is 4.51. The van der Waals surface area contributed by atoms with Gasteiger partial charge in [0.1, 0.15) is 11.3 Å². The standard InChI is InChI=1S/C10H9F3N2O/c1-15-8-6(4-3-5-7(8)16-2)14-9(15)10(11,12)13/h3-5H,1-2H3. The van der Waals surface area contributed by atoms with Crippen molar-refractivity contribution in [1.82, 2.24) is 9.55 Å². The van der Waals surface area contributed by atoms with E-state index in [-0.39, 0.29) is 5.52 Å². The molecule has 0 fully saturated rings. The summed E-state index contributed by atoms with van der Waals surface area (Å²) in [5.41, 5.74) is 0.617. The Hall–Kier alpha value is -1.72. The third-order valence-electron chi connectivity index (χ3n) is 2.33. The van der Waals surface area contributed by atoms with Crippen LogP contribution in [0.3, 0.4) is 0 Å². The van der Waals surface area contributed by atoms with Crippen molar-refractivity contribution in [3.05, 3.63) is 24.0 Å². The molecule has 0 bridgehead atoms. The lowest BCUT2D eigenvalue weighted by Crippen LogP contribution is -2.12. The molecular weight excluding hydrogens is 221 g/mol. The molecule has 2 aromatic rings. The van der Waals surface area contributed by atoms with Crippen molar-refractivity contribution in [1.29, 1.82) is 0 Å². The first-order valence-electron chi connectivity index (χ1n) is 4.51. The Labute approximate surface area is 89.5 Å². The number of imidazole rings is 1. The van der Waals surface area contributed by atoms with E-state index in [1.54, 1.807) is 12.1 Å². The first kappa shape index (κ1) is 10.8. The Morgan fingerprint density at radius 2 is 2.00 bits per heavy atom. The number of rotatable bonds is 1. The highest BCUT2D eigenvalue weighted by Gasteiger charge is 2.37. The van der Waals surface area contributed by atoms with Crippen LogP contribution in [0.4, 0.5) is 13.2 Å². The third-order valence-corrected chi connectivity index (χ3v) is 2.33. The van der Waals surface area contributed by atoms with Crippen LogP contribution in [0, 0.1) is 0 Å². The van der Waals surface area contributed by atoms with Crippen molar-refractivity contribution in [2.45, 2.75) is 6.18 Å². The number of fused-ring (bicyclic) bond motifs is 1. The number of para-hydroxylation sites is 1. The molecule has 6 heteroatoms. The summed E-state index contributed by atoms with van der Waals surface area (Å²) in [6.45, 7) is 0. The zero-order valence-electron chi connectivity index (χ0n) is 8.67. The highest BCUT2D eigenvalue weighted by atomic mass is 19.4. The van der Waals surface area contributed by atoms with Crippen LogP contribution in [-0.2, 0) is 13.2 Å². The summed E-state index contributed by atoms with van der Waals surface area (Å²) in [5.74, 6) is -0.546. The summed E-state index contributed by atoms with van der Waals surface area (Å²) in [5, 5.41) is 0. The fourth-order valence-electron chi connectivity index (χ4n) is 1.65. The Morgan fingerprint density at radius 3 is 2.56 bits per heavy atom. The second kappa shape index (κ2) is 3.40. The number of halogens is 3. The molecule has 1 aromatic carbocycles. The van der Waals surface area contributed by atoms with E-state index in [4.69, 9.17) is 4.74 Å². The molecule has 1 aromatic heterocycles. The van der Waals surface area contributed by atoms with E-state index in [9.17, 15) is 13.2 Å². The minimum absolute atomic E-state index is 0.272. The van der Waals surface area contributed by atoms with Gasteiger partial charge in [-0.15, -0.1) is 0 Å². The molecule has 3 nitrogen and oxygen atoms in total. The molecule has 0 saturated carbocycles. The molecule has 0 aliphatic rings. The van der Waals surface area contributed by atoms with Crippen molar-refractivity contribution in [3.8, 4) is 5.75 Å². The molecule has 0 saturated heterocycles. The number of hydrogen-bond donors (Lipinski definition) is 0. The quantitative estimate of drug-likeness (QED) is 0.752. The number of hydrogen-bond acceptors (Lipinski definition) is 2. The lowest BCUT2D eigenvalue weighted by atomic mass is 10.3. The number of alkyl halides is 3. The minimum Gasteiger partial charge on any atom is -0.494 e. The van der Waals surface area contributed by atoms with Gasteiger partial charge in [0.15, 0.2) is 0 Å². The Balaban J connectivity index is 2.79. The Kier molecular flexibility index (Phi) is 2.29. The van der Waals surface area contributed by atoms with Gasteiger partial charge in [0.2, 0.25) is 5.82 Å². The van der Waals surface area contributed by atoms with Gasteiger partial charge in [0, 0.05) is 7.05 Å². The van der Waals surface area contributed by atoms with Crippen LogP contribution in [0.5, 0.6) is 5.75 Å². The maximum absolute atomic E-state index is 12.6. The van der Waals surface area contributed by atoms with Gasteiger partial charge in [-0.2, -0.15) is 13.2 Å². The molecule has 0 spiro atoms. The van der Waals surface area contributed by atoms with E-state index >= 15 is 0 Å². The monoisotopic (exact) mass is 230 g/mol. The smallest absolute Gasteiger partial charge is 0.449 e. The Bertz CT molecular complexity index is 531. The van der Waals surface area contributed by atoms with Crippen LogP contribution in [0.15, 0.2) is 18.2 Å². The molecule has 1 heterocycles. The van der Waals surface area contributed by atoms with Crippen LogP contribution in [-0.4, -0.2) is 16.7 Å². The average molecular weight is 230 g/mol. The van der Waals surface area contributed by atoms with Crippen molar-refractivity contribution < 1.29 is 17.9 Å². The summed E-state index contributed by atoms with van der Waals surface area (Å²) in [4.78, 5) is 3.55. The summed E-state index contributed by atoms with van der Waals surface area (Å²) in [7, 11) is 2.73. The molecule has 0 amide bonds. The summed E-state index contributed by atoms with van der Waals surface area (Å²) < 4.78 is 43.8. The van der Waals surface area contributed by atoms with E-state index in [0.717, 1.165) is 4.57 Å². The van der Waals surface area contributed by atoms with E-state index in [1.807, 2.05) is 0 Å². The summed E-state index contributed by atoms with van der Waals surface area (Å²) in [6.07, 6.45) is -4.46. The zero-order valence-corrected chi connectivity index (χ0v) is 8.67. The first-order chi connectivity index (χ1) is 7.45. The molecule has 0 N–H and O–H groups in total.